The molecule has 0 spiro atoms. The SMILES string of the molecule is [2H]c1ccc2cc(-c3c4ccccc4c(-c4cccc(-c5cccc6sc7cc([2H])ccc7c56)c4)c4ccccc34)ccc2c1. The lowest BCUT2D eigenvalue weighted by Crippen LogP contribution is -1.91. The van der Waals surface area contributed by atoms with Gasteiger partial charge in [0.25, 0.3) is 0 Å². The van der Waals surface area contributed by atoms with Gasteiger partial charge >= 0.3 is 0 Å². The summed E-state index contributed by atoms with van der Waals surface area (Å²) < 4.78 is 18.6. The molecule has 0 bridgehead atoms. The van der Waals surface area contributed by atoms with Crippen LogP contribution in [0.1, 0.15) is 2.74 Å². The van der Waals surface area contributed by atoms with Gasteiger partial charge in [-0.15, -0.1) is 11.3 Å². The molecule has 0 N–H and O–H groups in total. The van der Waals surface area contributed by atoms with Gasteiger partial charge in [-0.25, -0.2) is 0 Å². The van der Waals surface area contributed by atoms with Crippen LogP contribution in [-0.2, 0) is 0 Å². The van der Waals surface area contributed by atoms with E-state index in [1.54, 1.807) is 11.3 Å². The van der Waals surface area contributed by atoms with E-state index in [9.17, 15) is 0 Å². The second-order valence-electron chi connectivity index (χ2n) is 11.1. The monoisotopic (exact) mass is 564 g/mol. The van der Waals surface area contributed by atoms with Crippen molar-refractivity contribution in [1.82, 2.24) is 0 Å². The Bertz CT molecular complexity index is 2570. The molecular formula is C42H26S. The lowest BCUT2D eigenvalue weighted by Gasteiger charge is -2.18. The van der Waals surface area contributed by atoms with Gasteiger partial charge in [-0.3, -0.25) is 0 Å². The summed E-state index contributed by atoms with van der Waals surface area (Å²) in [5, 5.41) is 9.61. The van der Waals surface area contributed by atoms with E-state index in [0.29, 0.717) is 12.1 Å². The zero-order valence-corrected chi connectivity index (χ0v) is 24.1. The van der Waals surface area contributed by atoms with Crippen LogP contribution in [0.4, 0.5) is 0 Å². The van der Waals surface area contributed by atoms with Crippen molar-refractivity contribution in [1.29, 1.82) is 0 Å². The second kappa shape index (κ2) is 9.66. The molecule has 0 aliphatic rings. The lowest BCUT2D eigenvalue weighted by atomic mass is 9.85. The van der Waals surface area contributed by atoms with Crippen LogP contribution in [0.3, 0.4) is 0 Å². The summed E-state index contributed by atoms with van der Waals surface area (Å²) in [7, 11) is 0. The fourth-order valence-corrected chi connectivity index (χ4v) is 7.95. The third kappa shape index (κ3) is 3.82. The summed E-state index contributed by atoms with van der Waals surface area (Å²) >= 11 is 1.76. The van der Waals surface area contributed by atoms with E-state index >= 15 is 0 Å². The normalized spacial score (nSPS) is 12.4. The highest BCUT2D eigenvalue weighted by atomic mass is 32.1. The van der Waals surface area contributed by atoms with Crippen molar-refractivity contribution in [2.75, 3.05) is 0 Å². The Labute approximate surface area is 256 Å². The highest BCUT2D eigenvalue weighted by molar-refractivity contribution is 7.25. The van der Waals surface area contributed by atoms with Crippen molar-refractivity contribution in [3.05, 3.63) is 158 Å². The van der Waals surface area contributed by atoms with Crippen molar-refractivity contribution < 1.29 is 2.74 Å². The van der Waals surface area contributed by atoms with Crippen molar-refractivity contribution >= 4 is 63.8 Å². The van der Waals surface area contributed by atoms with Crippen molar-refractivity contribution in [2.45, 2.75) is 0 Å². The maximum atomic E-state index is 8.14. The largest absolute Gasteiger partial charge is 0.135 e. The Balaban J connectivity index is 1.30. The highest BCUT2D eigenvalue weighted by Gasteiger charge is 2.18. The van der Waals surface area contributed by atoms with Crippen LogP contribution >= 0.6 is 11.3 Å². The van der Waals surface area contributed by atoms with Crippen LogP contribution in [0, 0.1) is 0 Å². The van der Waals surface area contributed by atoms with E-state index in [1.807, 2.05) is 24.3 Å². The van der Waals surface area contributed by atoms with Crippen LogP contribution in [0.25, 0.3) is 85.9 Å². The van der Waals surface area contributed by atoms with Crippen LogP contribution in [0.15, 0.2) is 158 Å². The van der Waals surface area contributed by atoms with Gasteiger partial charge in [0.2, 0.25) is 0 Å². The van der Waals surface area contributed by atoms with Crippen molar-refractivity contribution in [3.8, 4) is 33.4 Å². The summed E-state index contributed by atoms with van der Waals surface area (Å²) in [6.07, 6.45) is 0. The van der Waals surface area contributed by atoms with E-state index in [2.05, 4.69) is 121 Å². The first-order valence-corrected chi connectivity index (χ1v) is 15.4. The maximum absolute atomic E-state index is 8.14. The van der Waals surface area contributed by atoms with Gasteiger partial charge < -0.3 is 0 Å². The van der Waals surface area contributed by atoms with Gasteiger partial charge in [-0.05, 0) is 90.0 Å². The average Bonchev–Trinajstić information content (AvgIpc) is 3.44. The molecule has 0 aliphatic carbocycles. The molecule has 0 unspecified atom stereocenters. The van der Waals surface area contributed by atoms with E-state index in [4.69, 9.17) is 2.74 Å². The maximum Gasteiger partial charge on any atom is 0.0623 e. The molecule has 0 fully saturated rings. The molecule has 8 aromatic carbocycles. The van der Waals surface area contributed by atoms with Gasteiger partial charge in [0.15, 0.2) is 0 Å². The van der Waals surface area contributed by atoms with Crippen molar-refractivity contribution in [3.63, 3.8) is 0 Å². The summed E-state index contributed by atoms with van der Waals surface area (Å²) in [6.45, 7) is 0. The number of benzene rings is 8. The van der Waals surface area contributed by atoms with Gasteiger partial charge in [0.05, 0.1) is 2.74 Å². The minimum atomic E-state index is 0.531. The molecule has 1 aromatic heterocycles. The van der Waals surface area contributed by atoms with E-state index < -0.39 is 0 Å². The molecule has 0 saturated heterocycles. The molecule has 1 heterocycles. The zero-order chi connectivity index (χ0) is 30.1. The Morgan fingerprint density at radius 2 is 1.02 bits per heavy atom. The fourth-order valence-electron chi connectivity index (χ4n) is 6.83. The molecule has 0 radical (unpaired) electrons. The summed E-state index contributed by atoms with van der Waals surface area (Å²) in [5.74, 6) is 0. The van der Waals surface area contributed by atoms with Crippen LogP contribution in [0.5, 0.6) is 0 Å². The van der Waals surface area contributed by atoms with E-state index in [0.717, 1.165) is 15.5 Å². The molecule has 1 heteroatoms. The first-order chi connectivity index (χ1) is 22.1. The predicted molar refractivity (Wildman–Crippen MR) is 188 cm³/mol. The highest BCUT2D eigenvalue weighted by Crippen LogP contribution is 2.45. The number of hydrogen-bond acceptors (Lipinski definition) is 1. The number of hydrogen-bond donors (Lipinski definition) is 0. The molecule has 0 aliphatic heterocycles. The second-order valence-corrected chi connectivity index (χ2v) is 12.2. The minimum Gasteiger partial charge on any atom is -0.135 e. The fraction of sp³-hybridized carbons (Fsp3) is 0. The molecule has 0 amide bonds. The zero-order valence-electron chi connectivity index (χ0n) is 25.3. The van der Waals surface area contributed by atoms with Crippen LogP contribution in [0.2, 0.25) is 0 Å². The molecule has 0 atom stereocenters. The molecule has 200 valence electrons. The van der Waals surface area contributed by atoms with Crippen molar-refractivity contribution in [2.24, 2.45) is 0 Å². The first-order valence-electron chi connectivity index (χ1n) is 15.6. The summed E-state index contributed by atoms with van der Waals surface area (Å²) in [4.78, 5) is 0. The predicted octanol–water partition coefficient (Wildman–Crippen LogP) is 12.5. The summed E-state index contributed by atoms with van der Waals surface area (Å²) in [5.41, 5.74) is 7.26. The smallest absolute Gasteiger partial charge is 0.0623 e. The number of fused-ring (bicyclic) bond motifs is 6. The Kier molecular flexibility index (Phi) is 5.03. The van der Waals surface area contributed by atoms with Gasteiger partial charge in [-0.1, -0.05) is 133 Å². The molecule has 43 heavy (non-hydrogen) atoms. The van der Waals surface area contributed by atoms with Crippen LogP contribution in [-0.4, -0.2) is 0 Å². The summed E-state index contributed by atoms with van der Waals surface area (Å²) in [6, 6.07) is 52.6. The standard InChI is InChI=1S/C42H26S/c1-2-12-28-25-31(24-23-27(28)11-1)41-35-17-5-3-15-33(35)40(34-16-4-6-18-36(34)41)30-14-9-13-29(26-30)32-20-10-22-39-42(32)37-19-7-8-21-38(37)43-39/h1-26H/i1D,8D. The third-order valence-electron chi connectivity index (χ3n) is 8.71. The topological polar surface area (TPSA) is 0 Å². The van der Waals surface area contributed by atoms with Crippen LogP contribution < -0.4 is 0 Å². The molecule has 9 aromatic rings. The van der Waals surface area contributed by atoms with E-state index in [-0.39, 0.29) is 0 Å². The Hall–Kier alpha value is -5.24. The first kappa shape index (κ1) is 22.4. The van der Waals surface area contributed by atoms with E-state index in [1.165, 1.54) is 70.4 Å². The number of thiophene rings is 1. The Morgan fingerprint density at radius 1 is 0.395 bits per heavy atom. The molecular weight excluding hydrogens is 537 g/mol. The molecule has 0 nitrogen and oxygen atoms in total. The average molecular weight is 565 g/mol. The molecule has 0 saturated carbocycles. The van der Waals surface area contributed by atoms with Gasteiger partial charge in [-0.2, -0.15) is 0 Å². The quantitative estimate of drug-likeness (QED) is 0.187. The lowest BCUT2D eigenvalue weighted by molar-refractivity contribution is 1.64. The molecule has 9 rings (SSSR count). The number of rotatable bonds is 3. The van der Waals surface area contributed by atoms with Gasteiger partial charge in [0.1, 0.15) is 0 Å². The minimum absolute atomic E-state index is 0.531. The van der Waals surface area contributed by atoms with Gasteiger partial charge in [0, 0.05) is 20.2 Å². The third-order valence-corrected chi connectivity index (χ3v) is 9.83. The Morgan fingerprint density at radius 3 is 1.79 bits per heavy atom.